The first kappa shape index (κ1) is 37.6. The zero-order chi connectivity index (χ0) is 34.9. The van der Waals surface area contributed by atoms with Crippen LogP contribution < -0.4 is 14.2 Å². The van der Waals surface area contributed by atoms with Crippen molar-refractivity contribution in [3.8, 4) is 23.1 Å². The molecule has 51 heavy (non-hydrogen) atoms. The summed E-state index contributed by atoms with van der Waals surface area (Å²) < 4.78 is 17.9. The van der Waals surface area contributed by atoms with Gasteiger partial charge in [-0.05, 0) is 89.6 Å². The Morgan fingerprint density at radius 1 is 0.843 bits per heavy atom. The van der Waals surface area contributed by atoms with E-state index in [4.69, 9.17) is 14.2 Å². The van der Waals surface area contributed by atoms with Gasteiger partial charge in [-0.3, -0.25) is 9.69 Å². The second-order valence-electron chi connectivity index (χ2n) is 13.0. The molecule has 1 fully saturated rings. The van der Waals surface area contributed by atoms with Crippen molar-refractivity contribution >= 4 is 35.7 Å². The molecule has 10 heteroatoms. The molecule has 1 saturated heterocycles. The van der Waals surface area contributed by atoms with Gasteiger partial charge < -0.3 is 19.1 Å². The fourth-order valence-electron chi connectivity index (χ4n) is 5.84. The molecule has 0 saturated carbocycles. The van der Waals surface area contributed by atoms with Crippen molar-refractivity contribution in [1.82, 2.24) is 19.8 Å². The van der Waals surface area contributed by atoms with Gasteiger partial charge in [0.2, 0.25) is 11.8 Å². The van der Waals surface area contributed by atoms with Gasteiger partial charge in [0.15, 0.2) is 0 Å². The zero-order valence-corrected chi connectivity index (χ0v) is 31.2. The smallest absolute Gasteiger partial charge is 0.246 e. The molecule has 0 spiro atoms. The monoisotopic (exact) mass is 724 g/mol. The van der Waals surface area contributed by atoms with E-state index >= 15 is 0 Å². The van der Waals surface area contributed by atoms with E-state index < -0.39 is 0 Å². The Kier molecular flexibility index (Phi) is 13.2. The maximum atomic E-state index is 13.1. The lowest BCUT2D eigenvalue weighted by Gasteiger charge is -2.34. The lowest BCUT2D eigenvalue weighted by molar-refractivity contribution is -0.127. The summed E-state index contributed by atoms with van der Waals surface area (Å²) in [6.45, 7) is 13.3. The Hall–Kier alpha value is -4.70. The molecule has 8 nitrogen and oxygen atoms in total. The summed E-state index contributed by atoms with van der Waals surface area (Å²) in [6, 6.07) is 24.7. The third-order valence-electron chi connectivity index (χ3n) is 8.75. The molecular weight excluding hydrogens is 680 g/mol. The Morgan fingerprint density at radius 3 is 2.14 bits per heavy atom. The third kappa shape index (κ3) is 10.7. The van der Waals surface area contributed by atoms with Crippen LogP contribution in [0.5, 0.6) is 23.1 Å². The quantitative estimate of drug-likeness (QED) is 0.112. The predicted molar refractivity (Wildman–Crippen MR) is 206 cm³/mol. The number of aryl methyl sites for hydroxylation is 2. The summed E-state index contributed by atoms with van der Waals surface area (Å²) in [5.41, 5.74) is 9.28. The number of benzene rings is 3. The van der Waals surface area contributed by atoms with E-state index in [2.05, 4.69) is 65.1 Å². The number of aromatic nitrogens is 2. The van der Waals surface area contributed by atoms with Gasteiger partial charge in [-0.1, -0.05) is 50.2 Å². The molecule has 5 aromatic rings. The molecule has 0 radical (unpaired) electrons. The van der Waals surface area contributed by atoms with Gasteiger partial charge in [-0.2, -0.15) is 0 Å². The largest absolute Gasteiger partial charge is 0.489 e. The Balaban J connectivity index is 0.00000504. The number of pyridine rings is 1. The number of nitrogens with zero attached hydrogens (tertiary/aromatic N) is 4. The number of piperazine rings is 1. The summed E-state index contributed by atoms with van der Waals surface area (Å²) in [5.74, 6) is 3.33. The summed E-state index contributed by atoms with van der Waals surface area (Å²) in [5, 5.41) is 1.96. The van der Waals surface area contributed by atoms with E-state index in [1.165, 1.54) is 11.1 Å². The average molecular weight is 725 g/mol. The van der Waals surface area contributed by atoms with Crippen molar-refractivity contribution < 1.29 is 19.0 Å². The predicted octanol–water partition coefficient (Wildman–Crippen LogP) is 9.01. The fraction of sp³-hybridized carbons (Fsp3) is 0.293. The molecule has 3 aromatic carbocycles. The van der Waals surface area contributed by atoms with Crippen LogP contribution >= 0.6 is 23.7 Å². The number of hydrogen-bond donors (Lipinski definition) is 0. The maximum absolute atomic E-state index is 13.1. The van der Waals surface area contributed by atoms with Crippen LogP contribution in [0.2, 0.25) is 0 Å². The number of carbonyl (C=O) groups is 1. The van der Waals surface area contributed by atoms with Crippen molar-refractivity contribution in [2.24, 2.45) is 0 Å². The Bertz CT molecular complexity index is 1850. The molecule has 3 heterocycles. The van der Waals surface area contributed by atoms with E-state index in [9.17, 15) is 4.79 Å². The number of thiazole rings is 1. The normalized spacial score (nSPS) is 13.3. The highest BCUT2D eigenvalue weighted by atomic mass is 35.5. The molecular formula is C41H45ClN4O4S. The zero-order valence-electron chi connectivity index (χ0n) is 29.6. The van der Waals surface area contributed by atoms with Gasteiger partial charge in [-0.15, -0.1) is 23.7 Å². The third-order valence-corrected chi connectivity index (χ3v) is 9.39. The molecule has 0 unspecified atom stereocenters. The van der Waals surface area contributed by atoms with Crippen molar-refractivity contribution in [3.05, 3.63) is 135 Å². The summed E-state index contributed by atoms with van der Waals surface area (Å²) in [6.07, 6.45) is 5.21. The fourth-order valence-corrected chi connectivity index (χ4v) is 6.38. The highest BCUT2D eigenvalue weighted by Gasteiger charge is 2.20. The van der Waals surface area contributed by atoms with E-state index in [1.807, 2.05) is 60.5 Å². The minimum Gasteiger partial charge on any atom is -0.489 e. The maximum Gasteiger partial charge on any atom is 0.246 e. The van der Waals surface area contributed by atoms with E-state index in [-0.39, 0.29) is 18.3 Å². The standard InChI is InChI=1S/C41H44N4O4S.ClH/c1-29(2)35-10-12-37(13-11-35)47-25-33-7-5-32(6-8-33)24-44-17-19-45(20-18-44)40(46)16-9-34-21-30(3)41(31(4)22-34)49-39-15-14-38(23-42-39)48-26-36-27-50-28-43-36;/h5-16,21-23,27-29H,17-20,24-26H2,1-4H3;1H/b16-9+;. The van der Waals surface area contributed by atoms with Crippen molar-refractivity contribution in [2.75, 3.05) is 26.2 Å². The Morgan fingerprint density at radius 2 is 1.51 bits per heavy atom. The molecule has 2 aromatic heterocycles. The SMILES string of the molecule is Cc1cc(/C=C/C(=O)N2CCN(Cc3ccc(COc4ccc(C(C)C)cc4)cc3)CC2)cc(C)c1Oc1ccc(OCc2cscn2)cn1.Cl. The van der Waals surface area contributed by atoms with E-state index in [0.717, 1.165) is 59.1 Å². The van der Waals surface area contributed by atoms with Crippen molar-refractivity contribution in [2.45, 2.75) is 53.4 Å². The lowest BCUT2D eigenvalue weighted by atomic mass is 10.0. The van der Waals surface area contributed by atoms with Crippen LogP contribution in [0.25, 0.3) is 6.08 Å². The minimum absolute atomic E-state index is 0. The van der Waals surface area contributed by atoms with Gasteiger partial charge in [0.25, 0.3) is 0 Å². The summed E-state index contributed by atoms with van der Waals surface area (Å²) >= 11 is 1.54. The number of amides is 1. The van der Waals surface area contributed by atoms with Crippen LogP contribution in [0, 0.1) is 13.8 Å². The number of rotatable bonds is 13. The van der Waals surface area contributed by atoms with Gasteiger partial charge in [0.05, 0.1) is 17.4 Å². The van der Waals surface area contributed by atoms with Crippen LogP contribution in [-0.2, 0) is 24.6 Å². The minimum atomic E-state index is 0. The highest BCUT2D eigenvalue weighted by molar-refractivity contribution is 7.07. The van der Waals surface area contributed by atoms with Gasteiger partial charge >= 0.3 is 0 Å². The van der Waals surface area contributed by atoms with Crippen LogP contribution in [-0.4, -0.2) is 51.9 Å². The molecule has 6 rings (SSSR count). The van der Waals surface area contributed by atoms with Crippen LogP contribution in [0.4, 0.5) is 0 Å². The van der Waals surface area contributed by atoms with Crippen LogP contribution in [0.3, 0.4) is 0 Å². The summed E-state index contributed by atoms with van der Waals surface area (Å²) in [7, 11) is 0. The van der Waals surface area contributed by atoms with Crippen molar-refractivity contribution in [3.63, 3.8) is 0 Å². The van der Waals surface area contributed by atoms with E-state index in [1.54, 1.807) is 35.2 Å². The first-order valence-corrected chi connectivity index (χ1v) is 18.0. The van der Waals surface area contributed by atoms with Gasteiger partial charge in [-0.25, -0.2) is 9.97 Å². The topological polar surface area (TPSA) is 77.0 Å². The average Bonchev–Trinajstić information content (AvgIpc) is 3.66. The van der Waals surface area contributed by atoms with Gasteiger partial charge in [0, 0.05) is 50.2 Å². The highest BCUT2D eigenvalue weighted by Crippen LogP contribution is 2.30. The van der Waals surface area contributed by atoms with Crippen LogP contribution in [0.1, 0.15) is 58.8 Å². The molecule has 1 amide bonds. The van der Waals surface area contributed by atoms with Crippen molar-refractivity contribution in [1.29, 1.82) is 0 Å². The molecule has 0 atom stereocenters. The van der Waals surface area contributed by atoms with E-state index in [0.29, 0.717) is 43.9 Å². The first-order chi connectivity index (χ1) is 24.3. The molecule has 0 aliphatic carbocycles. The van der Waals surface area contributed by atoms with Gasteiger partial charge in [0.1, 0.15) is 30.5 Å². The molecule has 1 aliphatic heterocycles. The Labute approximate surface area is 311 Å². The number of hydrogen-bond acceptors (Lipinski definition) is 8. The number of carbonyl (C=O) groups excluding carboxylic acids is 1. The van der Waals surface area contributed by atoms with Crippen LogP contribution in [0.15, 0.2) is 96.0 Å². The molecule has 266 valence electrons. The molecule has 0 N–H and O–H groups in total. The number of halogens is 1. The lowest BCUT2D eigenvalue weighted by Crippen LogP contribution is -2.47. The second kappa shape index (κ2) is 18.0. The molecule has 0 bridgehead atoms. The molecule has 1 aliphatic rings. The summed E-state index contributed by atoms with van der Waals surface area (Å²) in [4.78, 5) is 26.0. The first-order valence-electron chi connectivity index (χ1n) is 17.0. The number of ether oxygens (including phenoxy) is 3. The second-order valence-corrected chi connectivity index (χ2v) is 13.7.